The summed E-state index contributed by atoms with van der Waals surface area (Å²) < 4.78 is 19.0. The number of nitrogens with one attached hydrogen (secondary N) is 1. The van der Waals surface area contributed by atoms with Gasteiger partial charge in [0.05, 0.1) is 6.61 Å². The Kier molecular flexibility index (Phi) is 3.15. The van der Waals surface area contributed by atoms with Crippen molar-refractivity contribution >= 4 is 16.9 Å². The fourth-order valence-corrected chi connectivity index (χ4v) is 2.74. The van der Waals surface area contributed by atoms with E-state index < -0.39 is 29.9 Å². The average Bonchev–Trinajstić information content (AvgIpc) is 2.66. The standard InChI is InChI=1S/C8H13FN2O3S/c1-10-8-11-5-4(9)6(13)3(2-12)14-7(5)15-8/h3-7,12-13H,2H2,1H3,(H,10,11)/t3-,4-,5-,6-,7-/m1/s1. The van der Waals surface area contributed by atoms with Crippen LogP contribution in [0.2, 0.25) is 0 Å². The number of halogens is 1. The van der Waals surface area contributed by atoms with E-state index in [0.717, 1.165) is 0 Å². The first-order valence-corrected chi connectivity index (χ1v) is 5.56. The largest absolute Gasteiger partial charge is 0.394 e. The lowest BCUT2D eigenvalue weighted by atomic mass is 10.0. The Morgan fingerprint density at radius 2 is 2.40 bits per heavy atom. The Labute approximate surface area is 90.7 Å². The average molecular weight is 236 g/mol. The third-order valence-corrected chi connectivity index (χ3v) is 3.66. The molecule has 5 atom stereocenters. The van der Waals surface area contributed by atoms with Gasteiger partial charge in [-0.15, -0.1) is 0 Å². The van der Waals surface area contributed by atoms with E-state index in [1.807, 2.05) is 0 Å². The van der Waals surface area contributed by atoms with Crippen molar-refractivity contribution in [3.8, 4) is 0 Å². The van der Waals surface area contributed by atoms with Crippen LogP contribution in [0.15, 0.2) is 4.99 Å². The molecule has 2 aliphatic heterocycles. The Balaban J connectivity index is 2.12. The molecule has 2 rings (SSSR count). The van der Waals surface area contributed by atoms with Crippen LogP contribution in [-0.2, 0) is 4.74 Å². The molecule has 0 amide bonds. The maximum Gasteiger partial charge on any atom is 0.159 e. The third-order valence-electron chi connectivity index (χ3n) is 2.51. The number of hydrogen-bond acceptors (Lipinski definition) is 6. The monoisotopic (exact) mass is 236 g/mol. The highest BCUT2D eigenvalue weighted by Gasteiger charge is 2.48. The predicted octanol–water partition coefficient (Wildman–Crippen LogP) is -0.907. The molecule has 5 nitrogen and oxygen atoms in total. The minimum Gasteiger partial charge on any atom is -0.394 e. The topological polar surface area (TPSA) is 74.1 Å². The molecule has 0 aromatic rings. The van der Waals surface area contributed by atoms with Crippen molar-refractivity contribution < 1.29 is 19.3 Å². The molecule has 0 aliphatic carbocycles. The molecule has 0 spiro atoms. The summed E-state index contributed by atoms with van der Waals surface area (Å²) in [6.45, 7) is -0.389. The molecule has 0 aromatic carbocycles. The van der Waals surface area contributed by atoms with Gasteiger partial charge >= 0.3 is 0 Å². The van der Waals surface area contributed by atoms with Crippen molar-refractivity contribution in [2.24, 2.45) is 4.99 Å². The van der Waals surface area contributed by atoms with Gasteiger partial charge in [0, 0.05) is 7.05 Å². The quantitative estimate of drug-likeness (QED) is 0.550. The van der Waals surface area contributed by atoms with Crippen LogP contribution < -0.4 is 5.32 Å². The van der Waals surface area contributed by atoms with Gasteiger partial charge in [-0.1, -0.05) is 11.8 Å². The van der Waals surface area contributed by atoms with E-state index in [1.165, 1.54) is 11.8 Å². The molecule has 3 N–H and O–H groups in total. The number of alkyl halides is 1. The Hall–Kier alpha value is -0.370. The lowest BCUT2D eigenvalue weighted by Crippen LogP contribution is -2.53. The van der Waals surface area contributed by atoms with Crippen molar-refractivity contribution in [2.45, 2.75) is 29.9 Å². The van der Waals surface area contributed by atoms with Gasteiger partial charge in [0.2, 0.25) is 0 Å². The number of thioether (sulfide) groups is 1. The number of amidine groups is 1. The molecular weight excluding hydrogens is 223 g/mol. The first-order valence-electron chi connectivity index (χ1n) is 4.68. The van der Waals surface area contributed by atoms with Gasteiger partial charge in [-0.2, -0.15) is 0 Å². The van der Waals surface area contributed by atoms with Crippen LogP contribution in [0.4, 0.5) is 4.39 Å². The van der Waals surface area contributed by atoms with Crippen LogP contribution in [0.25, 0.3) is 0 Å². The Bertz CT molecular complexity index is 279. The van der Waals surface area contributed by atoms with Crippen molar-refractivity contribution in [3.63, 3.8) is 0 Å². The summed E-state index contributed by atoms with van der Waals surface area (Å²) in [5, 5.41) is 21.8. The highest BCUT2D eigenvalue weighted by atomic mass is 32.2. The lowest BCUT2D eigenvalue weighted by molar-refractivity contribution is -0.144. The van der Waals surface area contributed by atoms with E-state index in [1.54, 1.807) is 7.05 Å². The molecular formula is C8H13FN2O3S. The normalized spacial score (nSPS) is 44.8. The molecule has 15 heavy (non-hydrogen) atoms. The number of fused-ring (bicyclic) bond motifs is 1. The third kappa shape index (κ3) is 1.84. The zero-order valence-electron chi connectivity index (χ0n) is 8.13. The maximum absolute atomic E-state index is 13.7. The van der Waals surface area contributed by atoms with Gasteiger partial charge in [-0.05, 0) is 0 Å². The fraction of sp³-hybridized carbons (Fsp3) is 0.875. The number of hydrogen-bond donors (Lipinski definition) is 3. The number of ether oxygens (including phenoxy) is 1. The van der Waals surface area contributed by atoms with Crippen LogP contribution in [-0.4, -0.2) is 58.9 Å². The summed E-state index contributed by atoms with van der Waals surface area (Å²) in [5.74, 6) is 0. The van der Waals surface area contributed by atoms with Crippen LogP contribution in [0.3, 0.4) is 0 Å². The van der Waals surface area contributed by atoms with Gasteiger partial charge in [0.1, 0.15) is 23.7 Å². The molecule has 0 bridgehead atoms. The molecule has 0 radical (unpaired) electrons. The number of rotatable bonds is 1. The molecule has 7 heteroatoms. The molecule has 0 unspecified atom stereocenters. The molecule has 0 aromatic heterocycles. The van der Waals surface area contributed by atoms with Gasteiger partial charge in [0.15, 0.2) is 11.3 Å². The first kappa shape index (κ1) is 11.1. The minimum atomic E-state index is -1.49. The van der Waals surface area contributed by atoms with Crippen LogP contribution in [0.5, 0.6) is 0 Å². The van der Waals surface area contributed by atoms with E-state index in [-0.39, 0.29) is 6.61 Å². The highest BCUT2D eigenvalue weighted by Crippen LogP contribution is 2.36. The van der Waals surface area contributed by atoms with E-state index in [0.29, 0.717) is 5.17 Å². The van der Waals surface area contributed by atoms with Crippen LogP contribution >= 0.6 is 11.8 Å². The van der Waals surface area contributed by atoms with E-state index >= 15 is 0 Å². The molecule has 0 saturated carbocycles. The zero-order valence-corrected chi connectivity index (χ0v) is 8.95. The summed E-state index contributed by atoms with van der Waals surface area (Å²) in [6.07, 6.45) is -3.66. The van der Waals surface area contributed by atoms with E-state index in [9.17, 15) is 9.50 Å². The summed E-state index contributed by atoms with van der Waals surface area (Å²) in [5.41, 5.74) is -0.456. The van der Waals surface area contributed by atoms with Gasteiger partial charge < -0.3 is 20.3 Å². The van der Waals surface area contributed by atoms with Gasteiger partial charge in [0.25, 0.3) is 0 Å². The fourth-order valence-electron chi connectivity index (χ4n) is 1.67. The van der Waals surface area contributed by atoms with Crippen LogP contribution in [0, 0.1) is 0 Å². The molecule has 1 saturated heterocycles. The highest BCUT2D eigenvalue weighted by molar-refractivity contribution is 8.14. The van der Waals surface area contributed by atoms with E-state index in [2.05, 4.69) is 10.3 Å². The number of aliphatic hydroxyl groups is 2. The molecule has 86 valence electrons. The van der Waals surface area contributed by atoms with E-state index in [4.69, 9.17) is 9.84 Å². The number of aliphatic hydroxyl groups excluding tert-OH is 2. The van der Waals surface area contributed by atoms with Crippen molar-refractivity contribution in [1.82, 2.24) is 5.32 Å². The second kappa shape index (κ2) is 4.25. The second-order valence-electron chi connectivity index (χ2n) is 3.45. The summed E-state index contributed by atoms with van der Waals surface area (Å²) in [7, 11) is 1.69. The SMILES string of the molecule is CNC1=N[C@@H]2[C@@H](F)[C@H](O)[C@@H](CO)O[C@@H]2S1. The lowest BCUT2D eigenvalue weighted by Gasteiger charge is -2.36. The maximum atomic E-state index is 13.7. The summed E-state index contributed by atoms with van der Waals surface area (Å²) in [4.78, 5) is 4.06. The Morgan fingerprint density at radius 3 is 3.00 bits per heavy atom. The molecule has 1 fully saturated rings. The van der Waals surface area contributed by atoms with Crippen molar-refractivity contribution in [3.05, 3.63) is 0 Å². The van der Waals surface area contributed by atoms with Gasteiger partial charge in [-0.25, -0.2) is 4.39 Å². The Morgan fingerprint density at radius 1 is 1.67 bits per heavy atom. The summed E-state index contributed by atoms with van der Waals surface area (Å²) >= 11 is 1.27. The predicted molar refractivity (Wildman–Crippen MR) is 54.5 cm³/mol. The number of nitrogens with zero attached hydrogens (tertiary/aromatic N) is 1. The number of aliphatic imine (C=N–C) groups is 1. The summed E-state index contributed by atoms with van der Waals surface area (Å²) in [6, 6.07) is -0.685. The van der Waals surface area contributed by atoms with Crippen LogP contribution in [0.1, 0.15) is 0 Å². The van der Waals surface area contributed by atoms with Crippen molar-refractivity contribution in [1.29, 1.82) is 0 Å². The zero-order chi connectivity index (χ0) is 11.0. The minimum absolute atomic E-state index is 0.389. The molecule has 2 heterocycles. The second-order valence-corrected chi connectivity index (χ2v) is 4.54. The molecule has 2 aliphatic rings. The smallest absolute Gasteiger partial charge is 0.159 e. The first-order chi connectivity index (χ1) is 7.17. The van der Waals surface area contributed by atoms with Gasteiger partial charge in [-0.3, -0.25) is 4.99 Å². The van der Waals surface area contributed by atoms with Crippen molar-refractivity contribution in [2.75, 3.05) is 13.7 Å².